The first-order valence-electron chi connectivity index (χ1n) is 10.3. The lowest BCUT2D eigenvalue weighted by Crippen LogP contribution is -2.26. The van der Waals surface area contributed by atoms with Crippen LogP contribution in [0.1, 0.15) is 39.4 Å². The van der Waals surface area contributed by atoms with Crippen molar-refractivity contribution in [3.63, 3.8) is 0 Å². The maximum Gasteiger partial charge on any atom is 0.407 e. The van der Waals surface area contributed by atoms with Gasteiger partial charge in [0.1, 0.15) is 6.61 Å². The van der Waals surface area contributed by atoms with Crippen LogP contribution in [0.2, 0.25) is 0 Å². The quantitative estimate of drug-likeness (QED) is 0.480. The second-order valence-corrected chi connectivity index (χ2v) is 7.32. The molecule has 0 heterocycles. The summed E-state index contributed by atoms with van der Waals surface area (Å²) in [5.41, 5.74) is 5.77. The Balaban J connectivity index is 1.33. The first kappa shape index (κ1) is 20.9. The Labute approximate surface area is 186 Å². The molecule has 1 aliphatic rings. The monoisotopic (exact) mass is 420 g/mol. The van der Waals surface area contributed by atoms with Gasteiger partial charge in [0.25, 0.3) is 0 Å². The Kier molecular flexibility index (Phi) is 6.30. The van der Waals surface area contributed by atoms with Crippen molar-refractivity contribution in [1.82, 2.24) is 5.32 Å². The fourth-order valence-corrected chi connectivity index (χ4v) is 3.86. The molecule has 1 aliphatic carbocycles. The van der Waals surface area contributed by atoms with Crippen LogP contribution < -0.4 is 5.32 Å². The van der Waals surface area contributed by atoms with E-state index in [4.69, 9.17) is 10.00 Å². The van der Waals surface area contributed by atoms with Crippen LogP contribution in [0, 0.1) is 23.2 Å². The van der Waals surface area contributed by atoms with Gasteiger partial charge in [0.2, 0.25) is 0 Å². The maximum absolute atomic E-state index is 12.2. The third-order valence-corrected chi connectivity index (χ3v) is 5.32. The molecule has 0 unspecified atom stereocenters. The number of hydrogen-bond acceptors (Lipinski definition) is 4. The van der Waals surface area contributed by atoms with Crippen molar-refractivity contribution in [1.29, 1.82) is 5.26 Å². The molecule has 1 N–H and O–H groups in total. The van der Waals surface area contributed by atoms with E-state index < -0.39 is 6.09 Å². The van der Waals surface area contributed by atoms with E-state index in [0.717, 1.165) is 11.1 Å². The minimum Gasteiger partial charge on any atom is -0.449 e. The highest BCUT2D eigenvalue weighted by Gasteiger charge is 2.28. The molecule has 4 rings (SSSR count). The van der Waals surface area contributed by atoms with Crippen molar-refractivity contribution in [3.05, 3.63) is 95.1 Å². The summed E-state index contributed by atoms with van der Waals surface area (Å²) in [6.45, 7) is 0.364. The van der Waals surface area contributed by atoms with Gasteiger partial charge >= 0.3 is 6.09 Å². The maximum atomic E-state index is 12.2. The van der Waals surface area contributed by atoms with Crippen LogP contribution in [0.25, 0.3) is 11.1 Å². The van der Waals surface area contributed by atoms with E-state index in [0.29, 0.717) is 11.1 Å². The van der Waals surface area contributed by atoms with E-state index in [-0.39, 0.29) is 31.3 Å². The predicted octanol–water partition coefficient (Wildman–Crippen LogP) is 4.67. The molecule has 5 heteroatoms. The lowest BCUT2D eigenvalue weighted by molar-refractivity contribution is 0.0997. The molecule has 0 fully saturated rings. The summed E-state index contributed by atoms with van der Waals surface area (Å²) in [5.74, 6) is 5.52. The minimum absolute atomic E-state index is 0.00733. The molecular weight excluding hydrogens is 400 g/mol. The van der Waals surface area contributed by atoms with Crippen LogP contribution in [0.15, 0.2) is 72.8 Å². The third kappa shape index (κ3) is 4.53. The lowest BCUT2D eigenvalue weighted by Gasteiger charge is -2.14. The Morgan fingerprint density at radius 1 is 0.938 bits per heavy atom. The van der Waals surface area contributed by atoms with Gasteiger partial charge in [-0.25, -0.2) is 4.79 Å². The topological polar surface area (TPSA) is 79.2 Å². The average Bonchev–Trinajstić information content (AvgIpc) is 3.15. The predicted molar refractivity (Wildman–Crippen MR) is 121 cm³/mol. The lowest BCUT2D eigenvalue weighted by atomic mass is 9.98. The van der Waals surface area contributed by atoms with Gasteiger partial charge in [-0.3, -0.25) is 4.79 Å². The number of nitrogens with one attached hydrogen (secondary N) is 1. The number of alkyl carbamates (subject to hydrolysis) is 1. The van der Waals surface area contributed by atoms with E-state index in [9.17, 15) is 9.59 Å². The molecule has 0 radical (unpaired) electrons. The second kappa shape index (κ2) is 9.64. The fourth-order valence-electron chi connectivity index (χ4n) is 3.86. The molecule has 3 aromatic rings. The number of ether oxygens (including phenoxy) is 1. The van der Waals surface area contributed by atoms with Gasteiger partial charge in [-0.2, -0.15) is 5.26 Å². The van der Waals surface area contributed by atoms with Crippen LogP contribution in [-0.2, 0) is 4.74 Å². The number of carbonyl (C=O) groups is 2. The first-order chi connectivity index (χ1) is 15.7. The van der Waals surface area contributed by atoms with Crippen LogP contribution in [0.5, 0.6) is 0 Å². The summed E-state index contributed by atoms with van der Waals surface area (Å²) in [6, 6.07) is 25.0. The fraction of sp³-hybridized carbons (Fsp3) is 0.148. The number of carbonyl (C=O) groups excluding carboxylic acids is 2. The SMILES string of the molecule is N#CCC(=O)c1cccc(C#CCNC(=O)OCC2c3ccccc3-c3ccccc32)c1. The number of fused-ring (bicyclic) bond motifs is 3. The number of hydrogen-bond donors (Lipinski definition) is 1. The summed E-state index contributed by atoms with van der Waals surface area (Å²) in [7, 11) is 0. The number of nitrogens with zero attached hydrogens (tertiary/aromatic N) is 1. The van der Waals surface area contributed by atoms with Gasteiger partial charge in [-0.15, -0.1) is 0 Å². The molecule has 0 saturated heterocycles. The minimum atomic E-state index is -0.529. The van der Waals surface area contributed by atoms with Gasteiger partial charge in [0.15, 0.2) is 5.78 Å². The number of rotatable bonds is 5. The van der Waals surface area contributed by atoms with Crippen molar-refractivity contribution in [2.75, 3.05) is 13.2 Å². The Morgan fingerprint density at radius 3 is 2.31 bits per heavy atom. The normalized spacial score (nSPS) is 11.3. The highest BCUT2D eigenvalue weighted by Crippen LogP contribution is 2.44. The van der Waals surface area contributed by atoms with Gasteiger partial charge in [-0.1, -0.05) is 72.5 Å². The Morgan fingerprint density at radius 2 is 1.62 bits per heavy atom. The molecule has 1 amide bonds. The van der Waals surface area contributed by atoms with Crippen LogP contribution >= 0.6 is 0 Å². The van der Waals surface area contributed by atoms with E-state index in [2.05, 4.69) is 41.4 Å². The molecule has 0 aliphatic heterocycles. The zero-order valence-electron chi connectivity index (χ0n) is 17.3. The molecular formula is C27H20N2O3. The summed E-state index contributed by atoms with van der Waals surface area (Å²) in [4.78, 5) is 24.0. The van der Waals surface area contributed by atoms with Gasteiger partial charge < -0.3 is 10.1 Å². The van der Waals surface area contributed by atoms with Gasteiger partial charge in [-0.05, 0) is 34.4 Å². The van der Waals surface area contributed by atoms with Crippen LogP contribution in [0.3, 0.4) is 0 Å². The van der Waals surface area contributed by atoms with E-state index in [1.165, 1.54) is 11.1 Å². The Hall–Kier alpha value is -4.35. The van der Waals surface area contributed by atoms with Crippen LogP contribution in [-0.4, -0.2) is 25.0 Å². The summed E-state index contributed by atoms with van der Waals surface area (Å²) >= 11 is 0. The summed E-state index contributed by atoms with van der Waals surface area (Å²) in [6.07, 6.45) is -0.695. The molecule has 0 spiro atoms. The van der Waals surface area contributed by atoms with E-state index >= 15 is 0 Å². The van der Waals surface area contributed by atoms with Gasteiger partial charge in [0.05, 0.1) is 19.0 Å². The molecule has 3 aromatic carbocycles. The standard InChI is InChI=1S/C27H20N2O3/c28-15-14-26(30)20-9-5-7-19(17-20)8-6-16-29-27(31)32-18-25-23-12-3-1-10-21(23)22-11-2-4-13-24(22)25/h1-5,7,9-13,17,25H,14,16,18H2,(H,29,31). The van der Waals surface area contributed by atoms with Crippen molar-refractivity contribution >= 4 is 11.9 Å². The van der Waals surface area contributed by atoms with Crippen LogP contribution in [0.4, 0.5) is 4.79 Å². The Bertz CT molecular complexity index is 1230. The average molecular weight is 420 g/mol. The van der Waals surface area contributed by atoms with Gasteiger partial charge in [0, 0.05) is 17.0 Å². The first-order valence-corrected chi connectivity index (χ1v) is 10.3. The zero-order chi connectivity index (χ0) is 22.3. The highest BCUT2D eigenvalue weighted by molar-refractivity contribution is 5.97. The molecule has 0 saturated carbocycles. The molecule has 5 nitrogen and oxygen atoms in total. The van der Waals surface area contributed by atoms with Crippen molar-refractivity contribution in [2.24, 2.45) is 0 Å². The molecule has 156 valence electrons. The van der Waals surface area contributed by atoms with E-state index in [1.54, 1.807) is 24.3 Å². The van der Waals surface area contributed by atoms with E-state index in [1.807, 2.05) is 30.3 Å². The molecule has 0 atom stereocenters. The molecule has 0 aromatic heterocycles. The summed E-state index contributed by atoms with van der Waals surface area (Å²) < 4.78 is 5.48. The molecule has 0 bridgehead atoms. The van der Waals surface area contributed by atoms with Crippen molar-refractivity contribution < 1.29 is 14.3 Å². The largest absolute Gasteiger partial charge is 0.449 e. The molecule has 32 heavy (non-hydrogen) atoms. The highest BCUT2D eigenvalue weighted by atomic mass is 16.5. The number of nitriles is 1. The smallest absolute Gasteiger partial charge is 0.407 e. The zero-order valence-corrected chi connectivity index (χ0v) is 17.3. The number of Topliss-reactive ketones (excluding diaryl/α,β-unsaturated/α-hetero) is 1. The van der Waals surface area contributed by atoms with Crippen molar-refractivity contribution in [3.8, 4) is 29.0 Å². The third-order valence-electron chi connectivity index (χ3n) is 5.32. The number of ketones is 1. The number of amides is 1. The summed E-state index contributed by atoms with van der Waals surface area (Å²) in [5, 5.41) is 11.3. The number of benzene rings is 3. The van der Waals surface area contributed by atoms with Crippen molar-refractivity contribution in [2.45, 2.75) is 12.3 Å². The second-order valence-electron chi connectivity index (χ2n) is 7.32.